The summed E-state index contributed by atoms with van der Waals surface area (Å²) in [7, 11) is 0. The van der Waals surface area contributed by atoms with Crippen LogP contribution in [0.15, 0.2) is 48.8 Å². The van der Waals surface area contributed by atoms with Gasteiger partial charge in [-0.05, 0) is 62.1 Å². The molecule has 5 nitrogen and oxygen atoms in total. The zero-order chi connectivity index (χ0) is 21.4. The zero-order valence-corrected chi connectivity index (χ0v) is 18.0. The monoisotopic (exact) mass is 456 g/mol. The van der Waals surface area contributed by atoms with E-state index in [1.807, 2.05) is 24.3 Å². The van der Waals surface area contributed by atoms with Gasteiger partial charge in [-0.15, -0.1) is 11.6 Å². The number of hydrogen-bond donors (Lipinski definition) is 1. The van der Waals surface area contributed by atoms with Crippen molar-refractivity contribution in [2.24, 2.45) is 0 Å². The van der Waals surface area contributed by atoms with E-state index in [1.165, 1.54) is 6.07 Å². The van der Waals surface area contributed by atoms with Gasteiger partial charge in [0.15, 0.2) is 5.82 Å². The molecule has 0 atom stereocenters. The Morgan fingerprint density at radius 1 is 0.968 bits per heavy atom. The highest BCUT2D eigenvalue weighted by atomic mass is 35.5. The van der Waals surface area contributed by atoms with E-state index in [0.717, 1.165) is 42.3 Å². The summed E-state index contributed by atoms with van der Waals surface area (Å²) in [6, 6.07) is 10.6. The molecular formula is C23H19Cl2FN4O. The number of fused-ring (bicyclic) bond motifs is 1. The first-order chi connectivity index (χ1) is 15.0. The van der Waals surface area contributed by atoms with Crippen molar-refractivity contribution in [3.63, 3.8) is 0 Å². The summed E-state index contributed by atoms with van der Waals surface area (Å²) in [5, 5.41) is 0.830. The van der Waals surface area contributed by atoms with E-state index in [9.17, 15) is 4.39 Å². The van der Waals surface area contributed by atoms with Crippen LogP contribution < -0.4 is 4.74 Å². The molecule has 31 heavy (non-hydrogen) atoms. The predicted molar refractivity (Wildman–Crippen MR) is 120 cm³/mol. The van der Waals surface area contributed by atoms with Crippen LogP contribution in [0, 0.1) is 5.82 Å². The minimum absolute atomic E-state index is 0.0272. The van der Waals surface area contributed by atoms with Gasteiger partial charge in [0, 0.05) is 33.9 Å². The Labute approximate surface area is 188 Å². The van der Waals surface area contributed by atoms with Gasteiger partial charge in [-0.3, -0.25) is 4.98 Å². The molecule has 1 aliphatic rings. The number of aromatic amines is 1. The molecule has 0 spiro atoms. The van der Waals surface area contributed by atoms with E-state index >= 15 is 0 Å². The summed E-state index contributed by atoms with van der Waals surface area (Å²) in [6.07, 6.45) is 6.61. The summed E-state index contributed by atoms with van der Waals surface area (Å²) in [5.74, 6) is 0.223. The molecule has 0 saturated heterocycles. The van der Waals surface area contributed by atoms with Gasteiger partial charge in [-0.1, -0.05) is 11.6 Å². The quantitative estimate of drug-likeness (QED) is 0.360. The lowest BCUT2D eigenvalue weighted by atomic mass is 9.97. The van der Waals surface area contributed by atoms with Crippen molar-refractivity contribution < 1.29 is 9.13 Å². The highest BCUT2D eigenvalue weighted by Crippen LogP contribution is 2.29. The van der Waals surface area contributed by atoms with Crippen LogP contribution >= 0.6 is 23.2 Å². The minimum atomic E-state index is -0.495. The van der Waals surface area contributed by atoms with Crippen molar-refractivity contribution in [2.75, 3.05) is 0 Å². The highest BCUT2D eigenvalue weighted by Gasteiger charge is 2.22. The fourth-order valence-corrected chi connectivity index (χ4v) is 4.20. The molecular weight excluding hydrogens is 438 g/mol. The third kappa shape index (κ3) is 4.36. The first-order valence-corrected chi connectivity index (χ1v) is 10.9. The molecule has 158 valence electrons. The summed E-state index contributed by atoms with van der Waals surface area (Å²) in [4.78, 5) is 16.4. The van der Waals surface area contributed by atoms with E-state index < -0.39 is 5.82 Å². The molecule has 1 aliphatic carbocycles. The van der Waals surface area contributed by atoms with Crippen LogP contribution in [0.3, 0.4) is 0 Å². The van der Waals surface area contributed by atoms with Gasteiger partial charge in [0.25, 0.3) is 5.88 Å². The van der Waals surface area contributed by atoms with E-state index in [-0.39, 0.29) is 17.4 Å². The Bertz CT molecular complexity index is 1220. The largest absolute Gasteiger partial charge is 0.472 e. The molecule has 0 aliphatic heterocycles. The first kappa shape index (κ1) is 20.2. The third-order valence-corrected chi connectivity index (χ3v) is 6.14. The predicted octanol–water partition coefficient (Wildman–Crippen LogP) is 6.41. The molecule has 0 bridgehead atoms. The molecule has 3 aromatic heterocycles. The molecule has 1 saturated carbocycles. The number of nitrogens with one attached hydrogen (secondary N) is 1. The van der Waals surface area contributed by atoms with Gasteiger partial charge >= 0.3 is 0 Å². The lowest BCUT2D eigenvalue weighted by molar-refractivity contribution is 0.143. The summed E-state index contributed by atoms with van der Waals surface area (Å²) >= 11 is 12.2. The molecule has 0 unspecified atom stereocenters. The smallest absolute Gasteiger partial charge is 0.250 e. The number of pyridine rings is 2. The second kappa shape index (κ2) is 8.44. The zero-order valence-electron chi connectivity index (χ0n) is 16.5. The topological polar surface area (TPSA) is 63.7 Å². The third-order valence-electron chi connectivity index (χ3n) is 5.47. The molecule has 0 radical (unpaired) electrons. The van der Waals surface area contributed by atoms with Crippen molar-refractivity contribution in [1.82, 2.24) is 19.9 Å². The highest BCUT2D eigenvalue weighted by molar-refractivity contribution is 6.31. The maximum atomic E-state index is 14.6. The van der Waals surface area contributed by atoms with Gasteiger partial charge in [-0.2, -0.15) is 0 Å². The van der Waals surface area contributed by atoms with Crippen molar-refractivity contribution in [1.29, 1.82) is 0 Å². The number of imidazole rings is 1. The van der Waals surface area contributed by atoms with Crippen molar-refractivity contribution >= 4 is 34.2 Å². The summed E-state index contributed by atoms with van der Waals surface area (Å²) < 4.78 is 20.3. The maximum Gasteiger partial charge on any atom is 0.250 e. The number of alkyl halides is 1. The average molecular weight is 457 g/mol. The van der Waals surface area contributed by atoms with E-state index in [1.54, 1.807) is 18.5 Å². The Morgan fingerprint density at radius 2 is 1.77 bits per heavy atom. The fourth-order valence-electron chi connectivity index (χ4n) is 3.77. The number of ether oxygens (including phenoxy) is 1. The lowest BCUT2D eigenvalue weighted by Gasteiger charge is -2.25. The SMILES string of the molecule is Fc1cc(-c2ccc(-c3nc4ccc(Cl)cc4[nH]3)cn2)cnc1OC1CCC(Cl)CC1. The van der Waals surface area contributed by atoms with Crippen molar-refractivity contribution in [2.45, 2.75) is 37.2 Å². The normalized spacial score (nSPS) is 18.9. The number of benzene rings is 1. The Kier molecular flexibility index (Phi) is 5.50. The number of H-pyrrole nitrogens is 1. The van der Waals surface area contributed by atoms with Crippen LogP contribution in [-0.4, -0.2) is 31.4 Å². The number of halogens is 3. The average Bonchev–Trinajstić information content (AvgIpc) is 3.20. The molecule has 1 N–H and O–H groups in total. The molecule has 8 heteroatoms. The number of aromatic nitrogens is 4. The number of hydrogen-bond acceptors (Lipinski definition) is 4. The lowest BCUT2D eigenvalue weighted by Crippen LogP contribution is -2.25. The standard InChI is InChI=1S/C23H19Cl2FN4O/c24-15-2-5-17(6-3-15)31-23-18(26)9-14(12-28-23)19-7-1-13(11-27-19)22-29-20-8-4-16(25)10-21(20)30-22/h1,4,7-12,15,17H,2-3,5-6H2,(H,29,30). The van der Waals surface area contributed by atoms with Gasteiger partial charge < -0.3 is 9.72 Å². The van der Waals surface area contributed by atoms with Crippen LogP contribution in [-0.2, 0) is 0 Å². The van der Waals surface area contributed by atoms with Crippen LogP contribution in [0.5, 0.6) is 5.88 Å². The minimum Gasteiger partial charge on any atom is -0.472 e. The van der Waals surface area contributed by atoms with Gasteiger partial charge in [0.1, 0.15) is 11.9 Å². The molecule has 4 aromatic rings. The molecule has 3 heterocycles. The molecule has 5 rings (SSSR count). The van der Waals surface area contributed by atoms with Crippen LogP contribution in [0.25, 0.3) is 33.7 Å². The fraction of sp³-hybridized carbons (Fsp3) is 0.261. The van der Waals surface area contributed by atoms with Gasteiger partial charge in [-0.25, -0.2) is 14.4 Å². The molecule has 0 amide bonds. The molecule has 1 aromatic carbocycles. The van der Waals surface area contributed by atoms with Crippen LogP contribution in [0.2, 0.25) is 5.02 Å². The maximum absolute atomic E-state index is 14.6. The van der Waals surface area contributed by atoms with Crippen molar-refractivity contribution in [3.05, 3.63) is 59.6 Å². The Balaban J connectivity index is 1.33. The first-order valence-electron chi connectivity index (χ1n) is 10.1. The van der Waals surface area contributed by atoms with E-state index in [4.69, 9.17) is 27.9 Å². The number of rotatable bonds is 4. The number of nitrogens with zero attached hydrogens (tertiary/aromatic N) is 3. The van der Waals surface area contributed by atoms with Crippen LogP contribution in [0.4, 0.5) is 4.39 Å². The Hall–Kier alpha value is -2.70. The van der Waals surface area contributed by atoms with E-state index in [2.05, 4.69) is 19.9 Å². The summed E-state index contributed by atoms with van der Waals surface area (Å²) in [6.45, 7) is 0. The van der Waals surface area contributed by atoms with Gasteiger partial charge in [0.2, 0.25) is 0 Å². The van der Waals surface area contributed by atoms with Crippen LogP contribution in [0.1, 0.15) is 25.7 Å². The van der Waals surface area contributed by atoms with Crippen molar-refractivity contribution in [3.8, 4) is 28.5 Å². The Morgan fingerprint density at radius 3 is 2.52 bits per heavy atom. The van der Waals surface area contributed by atoms with Gasteiger partial charge in [0.05, 0.1) is 16.7 Å². The molecule has 1 fully saturated rings. The van der Waals surface area contributed by atoms with E-state index in [0.29, 0.717) is 22.1 Å². The summed E-state index contributed by atoms with van der Waals surface area (Å²) in [5.41, 5.74) is 3.69. The second-order valence-corrected chi connectivity index (χ2v) is 8.74. The second-order valence-electron chi connectivity index (χ2n) is 7.68.